The van der Waals surface area contributed by atoms with Crippen LogP contribution >= 0.6 is 11.6 Å². The van der Waals surface area contributed by atoms with Crippen molar-refractivity contribution < 1.29 is 19.4 Å². The first-order valence-electron chi connectivity index (χ1n) is 8.60. The van der Waals surface area contributed by atoms with E-state index in [1.807, 2.05) is 42.7 Å². The summed E-state index contributed by atoms with van der Waals surface area (Å²) in [5.74, 6) is 0.396. The zero-order valence-electron chi connectivity index (χ0n) is 15.3. The number of ether oxygens (including phenoxy) is 2. The molecule has 7 heteroatoms. The Labute approximate surface area is 166 Å². The fourth-order valence-electron chi connectivity index (χ4n) is 3.22. The lowest BCUT2D eigenvalue weighted by molar-refractivity contribution is 0.0697. The highest BCUT2D eigenvalue weighted by molar-refractivity contribution is 6.32. The number of halogens is 1. The first-order valence-corrected chi connectivity index (χ1v) is 8.97. The molecule has 0 saturated heterocycles. The van der Waals surface area contributed by atoms with Gasteiger partial charge in [-0.25, -0.2) is 4.79 Å². The Morgan fingerprint density at radius 2 is 1.93 bits per heavy atom. The molecule has 0 fully saturated rings. The Morgan fingerprint density at radius 1 is 1.14 bits per heavy atom. The van der Waals surface area contributed by atoms with Gasteiger partial charge in [-0.05, 0) is 50.2 Å². The number of benzene rings is 2. The summed E-state index contributed by atoms with van der Waals surface area (Å²) >= 11 is 6.34. The molecule has 1 aromatic heterocycles. The molecule has 3 aromatic rings. The molecule has 2 heterocycles. The van der Waals surface area contributed by atoms with Crippen LogP contribution in [0.15, 0.2) is 47.5 Å². The lowest BCUT2D eigenvalue weighted by Crippen LogP contribution is -2.04. The molecule has 1 aliphatic rings. The minimum Gasteiger partial charge on any atom is -0.478 e. The molecule has 1 aliphatic heterocycles. The van der Waals surface area contributed by atoms with Crippen LogP contribution in [-0.2, 0) is 0 Å². The number of carbonyl (C=O) groups is 1. The summed E-state index contributed by atoms with van der Waals surface area (Å²) in [5.41, 5.74) is 4.30. The fourth-order valence-corrected chi connectivity index (χ4v) is 3.42. The zero-order chi connectivity index (χ0) is 19.8. The van der Waals surface area contributed by atoms with Gasteiger partial charge in [0.1, 0.15) is 0 Å². The average Bonchev–Trinajstić information content (AvgIpc) is 3.24. The Morgan fingerprint density at radius 3 is 2.71 bits per heavy atom. The predicted molar refractivity (Wildman–Crippen MR) is 107 cm³/mol. The Hall–Kier alpha value is -3.25. The van der Waals surface area contributed by atoms with Crippen LogP contribution in [0, 0.1) is 13.8 Å². The quantitative estimate of drug-likeness (QED) is 0.635. The lowest BCUT2D eigenvalue weighted by atomic mass is 10.2. The van der Waals surface area contributed by atoms with Crippen LogP contribution in [0.5, 0.6) is 11.5 Å². The van der Waals surface area contributed by atoms with Crippen LogP contribution in [0.1, 0.15) is 27.3 Å². The first-order chi connectivity index (χ1) is 13.4. The van der Waals surface area contributed by atoms with Crippen molar-refractivity contribution in [2.45, 2.75) is 13.8 Å². The highest BCUT2D eigenvalue weighted by Gasteiger charge is 2.15. The van der Waals surface area contributed by atoms with E-state index in [4.69, 9.17) is 21.1 Å². The second kappa shape index (κ2) is 7.05. The fraction of sp³-hybridized carbons (Fsp3) is 0.143. The monoisotopic (exact) mass is 396 g/mol. The van der Waals surface area contributed by atoms with Gasteiger partial charge in [0.2, 0.25) is 6.79 Å². The van der Waals surface area contributed by atoms with Gasteiger partial charge in [0.05, 0.1) is 22.0 Å². The molecule has 0 radical (unpaired) electrons. The van der Waals surface area contributed by atoms with Crippen molar-refractivity contribution in [2.24, 2.45) is 4.99 Å². The molecular formula is C21H17ClN2O4. The number of rotatable bonds is 4. The van der Waals surface area contributed by atoms with Gasteiger partial charge in [-0.15, -0.1) is 0 Å². The summed E-state index contributed by atoms with van der Waals surface area (Å²) < 4.78 is 12.6. The molecule has 0 amide bonds. The maximum atomic E-state index is 11.3. The molecule has 6 nitrogen and oxygen atoms in total. The number of aliphatic imine (C=N–C) groups is 1. The van der Waals surface area contributed by atoms with Crippen LogP contribution in [0.25, 0.3) is 5.69 Å². The van der Waals surface area contributed by atoms with E-state index in [9.17, 15) is 9.90 Å². The molecule has 0 aliphatic carbocycles. The van der Waals surface area contributed by atoms with Gasteiger partial charge in [-0.1, -0.05) is 11.6 Å². The zero-order valence-corrected chi connectivity index (χ0v) is 16.0. The molecule has 142 valence electrons. The number of aryl methyl sites for hydroxylation is 1. The number of hydrogen-bond acceptors (Lipinski definition) is 4. The van der Waals surface area contributed by atoms with Crippen molar-refractivity contribution in [3.63, 3.8) is 0 Å². The smallest absolute Gasteiger partial charge is 0.335 e. The predicted octanol–water partition coefficient (Wildman–Crippen LogP) is 4.93. The minimum absolute atomic E-state index is 0.183. The average molecular weight is 397 g/mol. The molecule has 0 spiro atoms. The van der Waals surface area contributed by atoms with E-state index in [2.05, 4.69) is 4.99 Å². The van der Waals surface area contributed by atoms with Crippen LogP contribution in [0.4, 0.5) is 5.69 Å². The van der Waals surface area contributed by atoms with Crippen molar-refractivity contribution >= 4 is 29.5 Å². The molecule has 28 heavy (non-hydrogen) atoms. The summed E-state index contributed by atoms with van der Waals surface area (Å²) in [7, 11) is 0. The van der Waals surface area contributed by atoms with Gasteiger partial charge in [0.25, 0.3) is 0 Å². The van der Waals surface area contributed by atoms with Gasteiger partial charge in [0, 0.05) is 29.2 Å². The van der Waals surface area contributed by atoms with E-state index in [-0.39, 0.29) is 12.4 Å². The third kappa shape index (κ3) is 3.23. The summed E-state index contributed by atoms with van der Waals surface area (Å²) in [6.45, 7) is 4.10. The second-order valence-corrected chi connectivity index (χ2v) is 6.84. The number of carboxylic acids is 1. The van der Waals surface area contributed by atoms with Gasteiger partial charge in [-0.3, -0.25) is 4.99 Å². The Balaban J connectivity index is 1.70. The third-order valence-electron chi connectivity index (χ3n) is 4.61. The summed E-state index contributed by atoms with van der Waals surface area (Å²) in [6, 6.07) is 12.2. The number of fused-ring (bicyclic) bond motifs is 1. The summed E-state index contributed by atoms with van der Waals surface area (Å²) in [5, 5.41) is 9.75. The van der Waals surface area contributed by atoms with Crippen molar-refractivity contribution in [1.29, 1.82) is 0 Å². The van der Waals surface area contributed by atoms with E-state index in [0.29, 0.717) is 22.2 Å². The highest BCUT2D eigenvalue weighted by atomic mass is 35.5. The van der Waals surface area contributed by atoms with Crippen LogP contribution in [0.3, 0.4) is 0 Å². The van der Waals surface area contributed by atoms with Crippen LogP contribution in [0.2, 0.25) is 5.02 Å². The number of aromatic nitrogens is 1. The summed E-state index contributed by atoms with van der Waals surface area (Å²) in [4.78, 5) is 15.8. The van der Waals surface area contributed by atoms with Crippen molar-refractivity contribution in [2.75, 3.05) is 6.79 Å². The van der Waals surface area contributed by atoms with Gasteiger partial charge >= 0.3 is 5.97 Å². The van der Waals surface area contributed by atoms with Crippen molar-refractivity contribution in [3.8, 4) is 17.2 Å². The Kier molecular flexibility index (Phi) is 4.57. The van der Waals surface area contributed by atoms with Crippen molar-refractivity contribution in [3.05, 3.63) is 70.0 Å². The lowest BCUT2D eigenvalue weighted by Gasteiger charge is -2.12. The van der Waals surface area contributed by atoms with Crippen molar-refractivity contribution in [1.82, 2.24) is 4.57 Å². The van der Waals surface area contributed by atoms with Crippen LogP contribution in [-0.4, -0.2) is 28.7 Å². The molecule has 1 N–H and O–H groups in total. The van der Waals surface area contributed by atoms with Gasteiger partial charge in [0.15, 0.2) is 11.5 Å². The maximum absolute atomic E-state index is 11.3. The van der Waals surface area contributed by atoms with Gasteiger partial charge in [-0.2, -0.15) is 0 Å². The molecule has 0 saturated carbocycles. The Bertz CT molecular complexity index is 1120. The van der Waals surface area contributed by atoms with Gasteiger partial charge < -0.3 is 19.1 Å². The van der Waals surface area contributed by atoms with E-state index < -0.39 is 5.97 Å². The molecule has 0 unspecified atom stereocenters. The third-order valence-corrected chi connectivity index (χ3v) is 4.93. The molecule has 0 bridgehead atoms. The molecule has 4 rings (SSSR count). The topological polar surface area (TPSA) is 73.0 Å². The van der Waals surface area contributed by atoms with Crippen LogP contribution < -0.4 is 9.47 Å². The largest absolute Gasteiger partial charge is 0.478 e. The second-order valence-electron chi connectivity index (χ2n) is 6.43. The molecule has 0 atom stereocenters. The molecule has 2 aromatic carbocycles. The number of nitrogens with zero attached hydrogens (tertiary/aromatic N) is 2. The van der Waals surface area contributed by atoms with E-state index in [1.165, 1.54) is 6.07 Å². The number of carboxylic acid groups (broad SMARTS) is 1. The van der Waals surface area contributed by atoms with E-state index in [1.54, 1.807) is 18.3 Å². The standard InChI is InChI=1S/C21H17ClN2O4/c1-12-7-15(10-23-16-4-6-19-20(9-16)28-11-27-19)13(2)24(12)18-8-14(21(25)26)3-5-17(18)22/h3-10H,11H2,1-2H3,(H,25,26). The first kappa shape index (κ1) is 18.1. The van der Waals surface area contributed by atoms with E-state index in [0.717, 1.165) is 22.6 Å². The highest BCUT2D eigenvalue weighted by Crippen LogP contribution is 2.35. The summed E-state index contributed by atoms with van der Waals surface area (Å²) in [6.07, 6.45) is 1.77. The number of aromatic carboxylic acids is 1. The molecular weight excluding hydrogens is 380 g/mol. The minimum atomic E-state index is -0.995. The normalized spacial score (nSPS) is 12.7. The maximum Gasteiger partial charge on any atom is 0.335 e. The SMILES string of the molecule is Cc1cc(C=Nc2ccc3c(c2)OCO3)c(C)n1-c1cc(C(=O)O)ccc1Cl. The van der Waals surface area contributed by atoms with E-state index >= 15 is 0 Å². The number of hydrogen-bond donors (Lipinski definition) is 1.